The van der Waals surface area contributed by atoms with Crippen molar-refractivity contribution in [1.29, 1.82) is 0 Å². The molecule has 0 saturated carbocycles. The van der Waals surface area contributed by atoms with E-state index in [-0.39, 0.29) is 11.4 Å². The molecule has 154 valence electrons. The Bertz CT molecular complexity index is 1010. The second-order valence-corrected chi connectivity index (χ2v) is 10.6. The molecule has 3 rings (SSSR count). The average molecular weight is 523 g/mol. The number of hydrogen-bond acceptors (Lipinski definition) is 4. The minimum atomic E-state index is -0.826. The Morgan fingerprint density at radius 3 is 2.10 bits per heavy atom. The van der Waals surface area contributed by atoms with Crippen LogP contribution < -0.4 is 0 Å². The molecule has 0 atom stereocenters. The van der Waals surface area contributed by atoms with Crippen LogP contribution in [-0.4, -0.2) is 16.2 Å². The van der Waals surface area contributed by atoms with E-state index in [9.17, 15) is 15.2 Å². The molecule has 0 fully saturated rings. The molecule has 8 heteroatoms. The molecular weight excluding hydrogens is 502 g/mol. The number of phenolic OH excluding ortho intramolecular Hbond substituents is 1. The molecule has 0 aliphatic heterocycles. The maximum atomic E-state index is 11.4. The number of benzene rings is 3. The number of non-ortho nitro benzene ring substituents is 1. The van der Waals surface area contributed by atoms with Crippen LogP contribution in [-0.2, 0) is 26.3 Å². The average Bonchev–Trinajstić information content (AvgIpc) is 2.74. The van der Waals surface area contributed by atoms with Crippen LogP contribution in [0.25, 0.3) is 0 Å². The van der Waals surface area contributed by atoms with Gasteiger partial charge in [0.2, 0.25) is 0 Å². The van der Waals surface area contributed by atoms with Gasteiger partial charge in [0.25, 0.3) is 5.69 Å². The second-order valence-electron chi connectivity index (χ2n) is 6.84. The molecule has 0 bridgehead atoms. The van der Waals surface area contributed by atoms with Gasteiger partial charge >= 0.3 is 37.9 Å². The summed E-state index contributed by atoms with van der Waals surface area (Å²) in [4.78, 5) is 15.3. The minimum absolute atomic E-state index is 0.00543. The van der Waals surface area contributed by atoms with Gasteiger partial charge in [0.1, 0.15) is 5.75 Å². The molecule has 30 heavy (non-hydrogen) atoms. The molecule has 0 radical (unpaired) electrons. The van der Waals surface area contributed by atoms with Crippen LogP contribution in [0.15, 0.2) is 77.8 Å². The number of halogens is 2. The van der Waals surface area contributed by atoms with Gasteiger partial charge in [0.05, 0.1) is 10.6 Å². The molecule has 0 spiro atoms. The molecule has 0 aliphatic rings. The van der Waals surface area contributed by atoms with Gasteiger partial charge in [-0.2, -0.15) is 0 Å². The third-order valence-electron chi connectivity index (χ3n) is 4.61. The molecule has 0 heterocycles. The van der Waals surface area contributed by atoms with Crippen LogP contribution in [0.2, 0.25) is 0 Å². The molecule has 0 saturated heterocycles. The molecule has 1 N–H and O–H groups in total. The van der Waals surface area contributed by atoms with Gasteiger partial charge in [0, 0.05) is 34.9 Å². The first-order valence-electron chi connectivity index (χ1n) is 8.94. The van der Waals surface area contributed by atoms with Crippen LogP contribution in [0.1, 0.15) is 30.5 Å². The zero-order valence-corrected chi connectivity index (χ0v) is 20.4. The van der Waals surface area contributed by atoms with Crippen molar-refractivity contribution in [1.82, 2.24) is 0 Å². The van der Waals surface area contributed by atoms with Crippen molar-refractivity contribution in [3.05, 3.63) is 99.6 Å². The molecule has 0 aliphatic carbocycles. The summed E-state index contributed by atoms with van der Waals surface area (Å²) >= 11 is -0.826. The molecule has 0 aromatic heterocycles. The van der Waals surface area contributed by atoms with Gasteiger partial charge in [-0.15, -0.1) is 0 Å². The number of nitrogens with zero attached hydrogens (tertiary/aromatic N) is 2. The zero-order valence-electron chi connectivity index (χ0n) is 16.4. The number of aromatic hydroxyl groups is 1. The third kappa shape index (κ3) is 6.24. The van der Waals surface area contributed by atoms with E-state index < -0.39 is 31.2 Å². The summed E-state index contributed by atoms with van der Waals surface area (Å²) in [5, 5.41) is 22.3. The molecule has 3 aromatic carbocycles. The van der Waals surface area contributed by atoms with E-state index in [1.54, 1.807) is 0 Å². The van der Waals surface area contributed by atoms with Gasteiger partial charge in [-0.3, -0.25) is 15.1 Å². The molecule has 0 amide bonds. The maximum absolute atomic E-state index is 11.4. The van der Waals surface area contributed by atoms with Crippen molar-refractivity contribution in [3.8, 4) is 5.75 Å². The predicted molar refractivity (Wildman–Crippen MR) is 119 cm³/mol. The Hall–Kier alpha value is -2.01. The normalized spacial score (nSPS) is 10.9. The monoisotopic (exact) mass is 520 g/mol. The van der Waals surface area contributed by atoms with Crippen molar-refractivity contribution in [2.75, 3.05) is 0 Å². The van der Waals surface area contributed by atoms with Crippen molar-refractivity contribution in [2.24, 2.45) is 4.99 Å². The first-order chi connectivity index (χ1) is 14.3. The first-order valence-corrected chi connectivity index (χ1v) is 15.3. The van der Waals surface area contributed by atoms with Crippen LogP contribution in [0, 0.1) is 10.1 Å². The van der Waals surface area contributed by atoms with Crippen LogP contribution in [0.4, 0.5) is 11.4 Å². The Morgan fingerprint density at radius 1 is 1.03 bits per heavy atom. The molecule has 0 unspecified atom stereocenters. The van der Waals surface area contributed by atoms with Gasteiger partial charge in [-0.1, -0.05) is 62.4 Å². The van der Waals surface area contributed by atoms with E-state index in [1.165, 1.54) is 18.3 Å². The molecule has 3 aromatic rings. The van der Waals surface area contributed by atoms with Crippen molar-refractivity contribution in [2.45, 2.75) is 19.3 Å². The van der Waals surface area contributed by atoms with E-state index in [0.29, 0.717) is 16.8 Å². The van der Waals surface area contributed by atoms with Crippen LogP contribution in [0.5, 0.6) is 5.75 Å². The summed E-state index contributed by atoms with van der Waals surface area (Å²) in [5.74, 6) is -0.00543. The molecular formula is C22H20Cl2N2O3Zr. The Balaban J connectivity index is 0.00000101. The Kier molecular flexibility index (Phi) is 9.22. The van der Waals surface area contributed by atoms with Gasteiger partial charge in [0.15, 0.2) is 0 Å². The van der Waals surface area contributed by atoms with E-state index in [1.807, 2.05) is 74.5 Å². The number of rotatable bonds is 5. The van der Waals surface area contributed by atoms with E-state index in [0.717, 1.165) is 5.56 Å². The van der Waals surface area contributed by atoms with Crippen molar-refractivity contribution in [3.63, 3.8) is 0 Å². The first kappa shape index (κ1) is 24.3. The number of hydrogen-bond donors (Lipinski definition) is 1. The standard InChI is InChI=1S/C22H20N2O3.2ClH.Zr/c1-22(2,17-9-5-3-6-10-17)20-14-19(24(26)27)13-16(21(20)25)15-23-18-11-7-4-8-12-18;;;/h3-15,25H,1-2H3;2*1H;/q;;;+2/p-2. The fourth-order valence-corrected chi connectivity index (χ4v) is 2.99. The van der Waals surface area contributed by atoms with Crippen LogP contribution in [0.3, 0.4) is 0 Å². The van der Waals surface area contributed by atoms with Gasteiger partial charge in [-0.25, -0.2) is 0 Å². The summed E-state index contributed by atoms with van der Waals surface area (Å²) in [6, 6.07) is 21.6. The number of phenols is 1. The van der Waals surface area contributed by atoms with Crippen molar-refractivity contribution >= 4 is 34.6 Å². The second kappa shape index (κ2) is 11.4. The zero-order chi connectivity index (χ0) is 22.1. The predicted octanol–water partition coefficient (Wildman–Crippen LogP) is 6.75. The summed E-state index contributed by atoms with van der Waals surface area (Å²) in [6.45, 7) is 3.86. The number of nitro groups is 1. The third-order valence-corrected chi connectivity index (χ3v) is 4.61. The number of para-hydroxylation sites is 1. The molecule has 5 nitrogen and oxygen atoms in total. The van der Waals surface area contributed by atoms with Gasteiger partial charge < -0.3 is 5.11 Å². The van der Waals surface area contributed by atoms with Crippen molar-refractivity contribution < 1.29 is 30.9 Å². The summed E-state index contributed by atoms with van der Waals surface area (Å²) in [5.41, 5.74) is 1.75. The summed E-state index contributed by atoms with van der Waals surface area (Å²) < 4.78 is 0. The fourth-order valence-electron chi connectivity index (χ4n) is 2.99. The quantitative estimate of drug-likeness (QED) is 0.229. The van der Waals surface area contributed by atoms with Crippen LogP contribution >= 0.6 is 17.0 Å². The van der Waals surface area contributed by atoms with Gasteiger partial charge in [-0.05, 0) is 17.7 Å². The fraction of sp³-hybridized carbons (Fsp3) is 0.136. The SMILES string of the molecule is CC(C)(c1ccccc1)c1cc([N+](=O)[O-])cc(C=Nc2ccccc2)c1O.[Cl][Zr][Cl]. The summed E-state index contributed by atoms with van der Waals surface area (Å²) in [6.07, 6.45) is 1.46. The Morgan fingerprint density at radius 2 is 1.57 bits per heavy atom. The van der Waals surface area contributed by atoms with E-state index in [4.69, 9.17) is 17.0 Å². The number of aliphatic imine (C=N–C) groups is 1. The topological polar surface area (TPSA) is 75.7 Å². The Labute approximate surface area is 194 Å². The van der Waals surface area contributed by atoms with E-state index in [2.05, 4.69) is 4.99 Å². The van der Waals surface area contributed by atoms with E-state index >= 15 is 0 Å². The summed E-state index contributed by atoms with van der Waals surface area (Å²) in [7, 11) is 9.87. The number of nitro benzene ring substituents is 1.